The van der Waals surface area contributed by atoms with Gasteiger partial charge in [-0.05, 0) is 49.2 Å². The van der Waals surface area contributed by atoms with E-state index < -0.39 is 11.9 Å². The summed E-state index contributed by atoms with van der Waals surface area (Å²) in [5.74, 6) is -0.297. The molecule has 35 heavy (non-hydrogen) atoms. The molecule has 0 saturated carbocycles. The van der Waals surface area contributed by atoms with Gasteiger partial charge >= 0.3 is 0 Å². The number of ether oxygens (including phenoxy) is 1. The van der Waals surface area contributed by atoms with Crippen molar-refractivity contribution in [3.05, 3.63) is 99.0 Å². The number of nitrogens with zero attached hydrogens (tertiary/aromatic N) is 1. The number of hydrazone groups is 1. The molecule has 0 radical (unpaired) electrons. The molecule has 0 aliphatic heterocycles. The van der Waals surface area contributed by atoms with Gasteiger partial charge in [0.25, 0.3) is 11.8 Å². The predicted molar refractivity (Wildman–Crippen MR) is 140 cm³/mol. The van der Waals surface area contributed by atoms with Crippen molar-refractivity contribution in [2.45, 2.75) is 33.4 Å². The van der Waals surface area contributed by atoms with Gasteiger partial charge < -0.3 is 10.1 Å². The van der Waals surface area contributed by atoms with Gasteiger partial charge in [0.15, 0.2) is 0 Å². The topological polar surface area (TPSA) is 79.8 Å². The van der Waals surface area contributed by atoms with E-state index in [2.05, 4.69) is 15.8 Å². The zero-order valence-electron chi connectivity index (χ0n) is 19.7. The molecule has 1 atom stereocenters. The molecule has 2 N–H and O–H groups in total. The molecular weight excluding hydrogens is 485 g/mol. The maximum Gasteiger partial charge on any atom is 0.262 e. The van der Waals surface area contributed by atoms with E-state index in [1.54, 1.807) is 36.4 Å². The number of halogens is 2. The van der Waals surface area contributed by atoms with Crippen molar-refractivity contribution >= 4 is 41.2 Å². The van der Waals surface area contributed by atoms with Gasteiger partial charge in [0.05, 0.1) is 6.21 Å². The number of amides is 2. The maximum atomic E-state index is 12.8. The molecule has 0 aliphatic carbocycles. The van der Waals surface area contributed by atoms with Gasteiger partial charge in [0, 0.05) is 26.7 Å². The molecular formula is C27H27Cl2N3O3. The van der Waals surface area contributed by atoms with Crippen LogP contribution >= 0.6 is 23.2 Å². The average molecular weight is 512 g/mol. The molecule has 6 nitrogen and oxygen atoms in total. The highest BCUT2D eigenvalue weighted by Gasteiger charge is 2.24. The van der Waals surface area contributed by atoms with Crippen molar-refractivity contribution in [2.24, 2.45) is 11.0 Å². The zero-order valence-corrected chi connectivity index (χ0v) is 21.2. The first kappa shape index (κ1) is 26.3. The maximum absolute atomic E-state index is 12.8. The molecule has 0 spiro atoms. The number of carbonyl (C=O) groups excluding carboxylic acids is 2. The van der Waals surface area contributed by atoms with E-state index in [1.165, 1.54) is 6.21 Å². The Morgan fingerprint density at radius 3 is 2.43 bits per heavy atom. The molecule has 2 amide bonds. The minimum Gasteiger partial charge on any atom is -0.488 e. The first-order valence-corrected chi connectivity index (χ1v) is 11.9. The summed E-state index contributed by atoms with van der Waals surface area (Å²) >= 11 is 12.2. The van der Waals surface area contributed by atoms with Crippen LogP contribution in [0.3, 0.4) is 0 Å². The monoisotopic (exact) mass is 511 g/mol. The number of nitrogens with one attached hydrogen (secondary N) is 2. The fourth-order valence-corrected chi connectivity index (χ4v) is 3.68. The summed E-state index contributed by atoms with van der Waals surface area (Å²) in [6, 6.07) is 18.9. The fraction of sp³-hybridized carbons (Fsp3) is 0.222. The molecule has 0 aromatic heterocycles. The third-order valence-electron chi connectivity index (χ3n) is 5.25. The van der Waals surface area contributed by atoms with Gasteiger partial charge in [0.1, 0.15) is 18.4 Å². The lowest BCUT2D eigenvalue weighted by Gasteiger charge is -2.20. The van der Waals surface area contributed by atoms with Crippen LogP contribution in [0.4, 0.5) is 0 Å². The molecule has 3 aromatic carbocycles. The lowest BCUT2D eigenvalue weighted by molar-refractivity contribution is -0.123. The molecule has 1 unspecified atom stereocenters. The summed E-state index contributed by atoms with van der Waals surface area (Å²) in [6.07, 6.45) is 1.50. The Hall–Kier alpha value is -3.35. The van der Waals surface area contributed by atoms with Crippen LogP contribution in [0.1, 0.15) is 40.9 Å². The number of benzene rings is 3. The van der Waals surface area contributed by atoms with Gasteiger partial charge in [-0.3, -0.25) is 9.59 Å². The van der Waals surface area contributed by atoms with E-state index in [0.717, 1.165) is 11.1 Å². The smallest absolute Gasteiger partial charge is 0.262 e. The van der Waals surface area contributed by atoms with Gasteiger partial charge in [-0.25, -0.2) is 5.43 Å². The minimum absolute atomic E-state index is 0.139. The standard InChI is InChI=1S/C27H27Cl2N3O3/c1-17(2)25(31-26(33)19-10-8-18(3)9-11-19)27(34)32-30-15-20-6-4-5-7-24(20)35-16-21-12-13-22(28)14-23(21)29/h4-15,17,25H,16H2,1-3H3,(H,31,33)(H,32,34). The first-order valence-electron chi connectivity index (χ1n) is 11.1. The van der Waals surface area contributed by atoms with E-state index >= 15 is 0 Å². The number of aryl methyl sites for hydroxylation is 1. The van der Waals surface area contributed by atoms with E-state index in [0.29, 0.717) is 26.9 Å². The minimum atomic E-state index is -0.750. The Kier molecular flexibility index (Phi) is 9.29. The molecule has 3 rings (SSSR count). The molecule has 0 heterocycles. The van der Waals surface area contributed by atoms with Gasteiger partial charge in [-0.1, -0.05) is 72.9 Å². The number of para-hydroxylation sites is 1. The second kappa shape index (κ2) is 12.4. The summed E-state index contributed by atoms with van der Waals surface area (Å²) in [5, 5.41) is 7.94. The average Bonchev–Trinajstić information content (AvgIpc) is 2.82. The van der Waals surface area contributed by atoms with Crippen molar-refractivity contribution in [3.63, 3.8) is 0 Å². The van der Waals surface area contributed by atoms with Crippen molar-refractivity contribution < 1.29 is 14.3 Å². The number of hydrogen-bond donors (Lipinski definition) is 2. The third-order valence-corrected chi connectivity index (χ3v) is 5.83. The number of carbonyl (C=O) groups is 2. The predicted octanol–water partition coefficient (Wildman–Crippen LogP) is 5.79. The van der Waals surface area contributed by atoms with Gasteiger partial charge in [-0.2, -0.15) is 5.10 Å². The highest BCUT2D eigenvalue weighted by molar-refractivity contribution is 6.35. The lowest BCUT2D eigenvalue weighted by Crippen LogP contribution is -2.48. The van der Waals surface area contributed by atoms with Crippen molar-refractivity contribution in [1.29, 1.82) is 0 Å². The van der Waals surface area contributed by atoms with E-state index in [9.17, 15) is 9.59 Å². The van der Waals surface area contributed by atoms with Crippen molar-refractivity contribution in [3.8, 4) is 5.75 Å². The Morgan fingerprint density at radius 2 is 1.74 bits per heavy atom. The van der Waals surface area contributed by atoms with Crippen LogP contribution < -0.4 is 15.5 Å². The summed E-state index contributed by atoms with van der Waals surface area (Å²) in [6.45, 7) is 5.90. The fourth-order valence-electron chi connectivity index (χ4n) is 3.21. The Labute approximate surface area is 215 Å². The van der Waals surface area contributed by atoms with Crippen LogP contribution in [0, 0.1) is 12.8 Å². The van der Waals surface area contributed by atoms with Crippen LogP contribution in [-0.2, 0) is 11.4 Å². The molecule has 0 bridgehead atoms. The summed E-state index contributed by atoms with van der Waals surface area (Å²) in [7, 11) is 0. The van der Waals surface area contributed by atoms with Gasteiger partial charge in [0.2, 0.25) is 0 Å². The van der Waals surface area contributed by atoms with Crippen LogP contribution in [0.15, 0.2) is 71.8 Å². The van der Waals surface area contributed by atoms with E-state index in [1.807, 2.05) is 51.1 Å². The van der Waals surface area contributed by atoms with Crippen LogP contribution in [-0.4, -0.2) is 24.1 Å². The quantitative estimate of drug-likeness (QED) is 0.282. The van der Waals surface area contributed by atoms with E-state index in [4.69, 9.17) is 27.9 Å². The van der Waals surface area contributed by atoms with E-state index in [-0.39, 0.29) is 18.4 Å². The molecule has 3 aromatic rings. The molecule has 0 aliphatic rings. The zero-order chi connectivity index (χ0) is 25.4. The molecule has 182 valence electrons. The summed E-state index contributed by atoms with van der Waals surface area (Å²) in [4.78, 5) is 25.3. The highest BCUT2D eigenvalue weighted by atomic mass is 35.5. The number of hydrogen-bond acceptors (Lipinski definition) is 4. The van der Waals surface area contributed by atoms with Crippen LogP contribution in [0.2, 0.25) is 10.0 Å². The van der Waals surface area contributed by atoms with Crippen LogP contribution in [0.5, 0.6) is 5.75 Å². The third kappa shape index (κ3) is 7.57. The Morgan fingerprint density at radius 1 is 1.03 bits per heavy atom. The molecule has 0 saturated heterocycles. The largest absolute Gasteiger partial charge is 0.488 e. The Bertz CT molecular complexity index is 1210. The lowest BCUT2D eigenvalue weighted by atomic mass is 10.0. The second-order valence-corrected chi connectivity index (χ2v) is 9.20. The SMILES string of the molecule is Cc1ccc(C(=O)NC(C(=O)NN=Cc2ccccc2OCc2ccc(Cl)cc2Cl)C(C)C)cc1. The molecule has 8 heteroatoms. The Balaban J connectivity index is 1.63. The van der Waals surface area contributed by atoms with Crippen molar-refractivity contribution in [1.82, 2.24) is 10.7 Å². The highest BCUT2D eigenvalue weighted by Crippen LogP contribution is 2.24. The second-order valence-electron chi connectivity index (χ2n) is 8.36. The summed E-state index contributed by atoms with van der Waals surface area (Å²) < 4.78 is 5.91. The van der Waals surface area contributed by atoms with Crippen LogP contribution in [0.25, 0.3) is 0 Å². The van der Waals surface area contributed by atoms with Gasteiger partial charge in [-0.15, -0.1) is 0 Å². The summed E-state index contributed by atoms with van der Waals surface area (Å²) in [5.41, 5.74) is 5.52. The van der Waals surface area contributed by atoms with Crippen molar-refractivity contribution in [2.75, 3.05) is 0 Å². The number of rotatable bonds is 9. The first-order chi connectivity index (χ1) is 16.7. The molecule has 0 fully saturated rings. The normalized spacial score (nSPS) is 11.9.